The zero-order valence-corrected chi connectivity index (χ0v) is 16.9. The summed E-state index contributed by atoms with van der Waals surface area (Å²) in [5.41, 5.74) is 0. The number of aryl methyl sites for hydroxylation is 1. The van der Waals surface area contributed by atoms with Crippen LogP contribution in [0.4, 0.5) is 0 Å². The number of rotatable bonds is 6. The van der Waals surface area contributed by atoms with Gasteiger partial charge in [-0.15, -0.1) is 24.0 Å². The van der Waals surface area contributed by atoms with Gasteiger partial charge in [0.15, 0.2) is 11.8 Å². The van der Waals surface area contributed by atoms with Crippen LogP contribution < -0.4 is 5.32 Å². The van der Waals surface area contributed by atoms with E-state index in [0.717, 1.165) is 38.7 Å². The molecule has 2 rings (SSSR count). The predicted octanol–water partition coefficient (Wildman–Crippen LogP) is 1.88. The van der Waals surface area contributed by atoms with Gasteiger partial charge in [0, 0.05) is 32.6 Å². The summed E-state index contributed by atoms with van der Waals surface area (Å²) in [6.45, 7) is 13.9. The van der Waals surface area contributed by atoms with E-state index >= 15 is 0 Å². The molecule has 0 aromatic carbocycles. The van der Waals surface area contributed by atoms with Crippen molar-refractivity contribution in [3.63, 3.8) is 0 Å². The molecule has 0 amide bonds. The van der Waals surface area contributed by atoms with E-state index in [1.165, 1.54) is 6.42 Å². The minimum absolute atomic E-state index is 0. The van der Waals surface area contributed by atoms with Crippen molar-refractivity contribution < 1.29 is 4.52 Å². The molecule has 8 heteroatoms. The van der Waals surface area contributed by atoms with Gasteiger partial charge in [-0.1, -0.05) is 19.0 Å². The number of nitrogens with zero attached hydrogens (tertiary/aromatic N) is 5. The van der Waals surface area contributed by atoms with Gasteiger partial charge in [-0.05, 0) is 26.4 Å². The molecule has 1 fully saturated rings. The quantitative estimate of drug-likeness (QED) is 0.417. The number of likely N-dealkylation sites (N-methyl/N-ethyl adjacent to an activating group) is 1. The van der Waals surface area contributed by atoms with Crippen LogP contribution in [-0.4, -0.2) is 64.7 Å². The molecule has 1 aromatic rings. The third-order valence-corrected chi connectivity index (χ3v) is 4.07. The van der Waals surface area contributed by atoms with Crippen LogP contribution in [0.5, 0.6) is 0 Å². The van der Waals surface area contributed by atoms with Gasteiger partial charge in [-0.25, -0.2) is 4.99 Å². The van der Waals surface area contributed by atoms with Crippen molar-refractivity contribution in [2.45, 2.75) is 46.7 Å². The Morgan fingerprint density at radius 3 is 2.70 bits per heavy atom. The fourth-order valence-electron chi connectivity index (χ4n) is 2.95. The lowest BCUT2D eigenvalue weighted by Crippen LogP contribution is -2.43. The third kappa shape index (κ3) is 5.59. The number of aliphatic imine (C=N–C) groups is 1. The third-order valence-electron chi connectivity index (χ3n) is 4.07. The van der Waals surface area contributed by atoms with E-state index in [4.69, 9.17) is 4.52 Å². The number of hydrogen-bond acceptors (Lipinski definition) is 5. The average molecular weight is 436 g/mol. The standard InChI is InChI=1S/C15H28N6O.HI/c1-5-16-15(17-10-14-18-12(4)22-19-14)21-9-8-13(11-21)20(6-2)7-3;/h13H,5-11H2,1-4H3,(H,16,17);1H. The number of halogens is 1. The maximum atomic E-state index is 4.99. The molecule has 0 saturated carbocycles. The lowest BCUT2D eigenvalue weighted by molar-refractivity contribution is 0.223. The summed E-state index contributed by atoms with van der Waals surface area (Å²) < 4.78 is 4.99. The lowest BCUT2D eigenvalue weighted by atomic mass is 10.2. The minimum Gasteiger partial charge on any atom is -0.357 e. The molecule has 0 aliphatic carbocycles. The highest BCUT2D eigenvalue weighted by molar-refractivity contribution is 14.0. The second-order valence-corrected chi connectivity index (χ2v) is 5.51. The summed E-state index contributed by atoms with van der Waals surface area (Å²) in [4.78, 5) is 13.7. The zero-order valence-electron chi connectivity index (χ0n) is 14.6. The first-order valence-corrected chi connectivity index (χ1v) is 8.24. The van der Waals surface area contributed by atoms with E-state index in [1.54, 1.807) is 6.92 Å². The minimum atomic E-state index is 0. The van der Waals surface area contributed by atoms with E-state index in [0.29, 0.717) is 24.3 Å². The van der Waals surface area contributed by atoms with Crippen LogP contribution in [0, 0.1) is 6.92 Å². The molecule has 0 spiro atoms. The van der Waals surface area contributed by atoms with E-state index in [-0.39, 0.29) is 24.0 Å². The van der Waals surface area contributed by atoms with Gasteiger partial charge in [0.25, 0.3) is 0 Å². The monoisotopic (exact) mass is 436 g/mol. The molecule has 1 atom stereocenters. The van der Waals surface area contributed by atoms with Gasteiger partial charge < -0.3 is 14.7 Å². The number of aromatic nitrogens is 2. The van der Waals surface area contributed by atoms with Crippen molar-refractivity contribution in [2.75, 3.05) is 32.7 Å². The Labute approximate surface area is 155 Å². The molecule has 1 saturated heterocycles. The molecule has 2 heterocycles. The van der Waals surface area contributed by atoms with Crippen molar-refractivity contribution in [3.05, 3.63) is 11.7 Å². The number of guanidine groups is 1. The topological polar surface area (TPSA) is 69.8 Å². The molecular formula is C15H29IN6O. The van der Waals surface area contributed by atoms with Gasteiger partial charge >= 0.3 is 0 Å². The molecule has 132 valence electrons. The first-order chi connectivity index (χ1) is 10.7. The summed E-state index contributed by atoms with van der Waals surface area (Å²) in [6.07, 6.45) is 1.19. The fourth-order valence-corrected chi connectivity index (χ4v) is 2.95. The average Bonchev–Trinajstić information content (AvgIpc) is 3.14. The molecule has 1 unspecified atom stereocenters. The van der Waals surface area contributed by atoms with Crippen molar-refractivity contribution >= 4 is 29.9 Å². The Morgan fingerprint density at radius 1 is 1.39 bits per heavy atom. The molecule has 7 nitrogen and oxygen atoms in total. The van der Waals surface area contributed by atoms with Gasteiger partial charge in [0.1, 0.15) is 6.54 Å². The van der Waals surface area contributed by atoms with Crippen LogP contribution in [0.3, 0.4) is 0 Å². The molecule has 1 aliphatic rings. The molecular weight excluding hydrogens is 407 g/mol. The second-order valence-electron chi connectivity index (χ2n) is 5.51. The van der Waals surface area contributed by atoms with E-state index in [9.17, 15) is 0 Å². The molecule has 0 radical (unpaired) electrons. The maximum absolute atomic E-state index is 4.99. The number of nitrogens with one attached hydrogen (secondary N) is 1. The van der Waals surface area contributed by atoms with Crippen LogP contribution in [0.25, 0.3) is 0 Å². The summed E-state index contributed by atoms with van der Waals surface area (Å²) in [5, 5.41) is 7.26. The highest BCUT2D eigenvalue weighted by Crippen LogP contribution is 2.15. The van der Waals surface area contributed by atoms with Crippen LogP contribution in [0.1, 0.15) is 38.9 Å². The molecule has 1 aromatic heterocycles. The van der Waals surface area contributed by atoms with Gasteiger partial charge in [-0.2, -0.15) is 4.98 Å². The van der Waals surface area contributed by atoms with Crippen LogP contribution in [0.2, 0.25) is 0 Å². The van der Waals surface area contributed by atoms with Crippen molar-refractivity contribution in [1.82, 2.24) is 25.3 Å². The Hall–Kier alpha value is -0.900. The highest BCUT2D eigenvalue weighted by atomic mass is 127. The molecule has 1 N–H and O–H groups in total. The Bertz CT molecular complexity index is 488. The smallest absolute Gasteiger partial charge is 0.223 e. The van der Waals surface area contributed by atoms with Gasteiger partial charge in [0.05, 0.1) is 0 Å². The van der Waals surface area contributed by atoms with E-state index in [2.05, 4.69) is 51.0 Å². The first-order valence-electron chi connectivity index (χ1n) is 8.24. The van der Waals surface area contributed by atoms with Crippen LogP contribution in [-0.2, 0) is 6.54 Å². The Morgan fingerprint density at radius 2 is 2.13 bits per heavy atom. The Balaban J connectivity index is 0.00000264. The van der Waals surface area contributed by atoms with E-state index < -0.39 is 0 Å². The van der Waals surface area contributed by atoms with Crippen molar-refractivity contribution in [3.8, 4) is 0 Å². The second kappa shape index (κ2) is 10.1. The van der Waals surface area contributed by atoms with Crippen molar-refractivity contribution in [2.24, 2.45) is 4.99 Å². The zero-order chi connectivity index (χ0) is 15.9. The number of hydrogen-bond donors (Lipinski definition) is 1. The normalized spacial score (nSPS) is 18.4. The SMILES string of the molecule is CCNC(=NCc1noc(C)n1)N1CCC(N(CC)CC)C1.I. The molecule has 1 aliphatic heterocycles. The summed E-state index contributed by atoms with van der Waals surface area (Å²) >= 11 is 0. The molecule has 23 heavy (non-hydrogen) atoms. The molecule has 0 bridgehead atoms. The maximum Gasteiger partial charge on any atom is 0.223 e. The summed E-state index contributed by atoms with van der Waals surface area (Å²) in [5.74, 6) is 2.16. The van der Waals surface area contributed by atoms with Gasteiger partial charge in [-0.3, -0.25) is 4.90 Å². The largest absolute Gasteiger partial charge is 0.357 e. The first kappa shape index (κ1) is 20.1. The summed E-state index contributed by atoms with van der Waals surface area (Å²) in [7, 11) is 0. The number of likely N-dealkylation sites (tertiary alicyclic amines) is 1. The van der Waals surface area contributed by atoms with Crippen LogP contribution in [0.15, 0.2) is 9.52 Å². The van der Waals surface area contributed by atoms with Crippen molar-refractivity contribution in [1.29, 1.82) is 0 Å². The van der Waals surface area contributed by atoms with Gasteiger partial charge in [0.2, 0.25) is 5.89 Å². The predicted molar refractivity (Wildman–Crippen MR) is 102 cm³/mol. The summed E-state index contributed by atoms with van der Waals surface area (Å²) in [6, 6.07) is 0.617. The Kier molecular flexibility index (Phi) is 8.82. The lowest BCUT2D eigenvalue weighted by Gasteiger charge is -2.27. The van der Waals surface area contributed by atoms with Crippen LogP contribution >= 0.6 is 24.0 Å². The van der Waals surface area contributed by atoms with E-state index in [1.807, 2.05) is 0 Å². The fraction of sp³-hybridized carbons (Fsp3) is 0.800. The highest BCUT2D eigenvalue weighted by Gasteiger charge is 2.28.